The Labute approximate surface area is 164 Å². The molecule has 0 N–H and O–H groups in total. The highest BCUT2D eigenvalue weighted by molar-refractivity contribution is 5.99. The van der Waals surface area contributed by atoms with Crippen LogP contribution in [-0.2, 0) is 14.3 Å². The fraction of sp³-hybridized carbons (Fsp3) is 0.250. The summed E-state index contributed by atoms with van der Waals surface area (Å²) < 4.78 is 11.8. The number of hydrogen-bond donors (Lipinski definition) is 0. The Morgan fingerprint density at radius 2 is 1.75 bits per heavy atom. The normalized spacial score (nSPS) is 19.7. The van der Waals surface area contributed by atoms with Gasteiger partial charge in [-0.05, 0) is 36.2 Å². The second kappa shape index (κ2) is 7.85. The van der Waals surface area contributed by atoms with Gasteiger partial charge < -0.3 is 9.47 Å². The molecular formula is C24H23NO3. The first kappa shape index (κ1) is 18.2. The standard InChI is InChI=1S/C24H23NO3/c1-3-16(2)27-24(26)21-22(28-23(25-21)18-11-5-4-6-12-18)20-15-9-13-17-10-7-8-14-19(17)20/h4-16,21-22H,3H2,1-2H3/t16-,21-,22-/m0/s1. The first-order valence-corrected chi connectivity index (χ1v) is 9.65. The van der Waals surface area contributed by atoms with Crippen molar-refractivity contribution in [2.75, 3.05) is 0 Å². The molecule has 4 rings (SSSR count). The number of ether oxygens (including phenoxy) is 2. The Hall–Kier alpha value is -3.14. The van der Waals surface area contributed by atoms with E-state index in [1.807, 2.05) is 74.5 Å². The summed E-state index contributed by atoms with van der Waals surface area (Å²) in [5, 5.41) is 2.16. The molecule has 28 heavy (non-hydrogen) atoms. The van der Waals surface area contributed by atoms with Crippen LogP contribution in [0.3, 0.4) is 0 Å². The van der Waals surface area contributed by atoms with Crippen LogP contribution in [0.15, 0.2) is 77.8 Å². The first-order valence-electron chi connectivity index (χ1n) is 9.65. The number of carbonyl (C=O) groups is 1. The molecule has 0 amide bonds. The van der Waals surface area contributed by atoms with Crippen molar-refractivity contribution in [2.24, 2.45) is 4.99 Å². The summed E-state index contributed by atoms with van der Waals surface area (Å²) in [6.45, 7) is 3.88. The molecule has 1 aliphatic rings. The fourth-order valence-electron chi connectivity index (χ4n) is 3.39. The van der Waals surface area contributed by atoms with Crippen LogP contribution in [0.4, 0.5) is 0 Å². The van der Waals surface area contributed by atoms with E-state index in [2.05, 4.69) is 17.1 Å². The first-order chi connectivity index (χ1) is 13.7. The maximum absolute atomic E-state index is 12.9. The molecule has 3 aromatic carbocycles. The second-order valence-corrected chi connectivity index (χ2v) is 7.01. The molecule has 3 aromatic rings. The number of rotatable bonds is 5. The Bertz CT molecular complexity index is 1010. The van der Waals surface area contributed by atoms with Crippen LogP contribution >= 0.6 is 0 Å². The summed E-state index contributed by atoms with van der Waals surface area (Å²) in [5.74, 6) is 0.128. The summed E-state index contributed by atoms with van der Waals surface area (Å²) in [4.78, 5) is 17.5. The zero-order chi connectivity index (χ0) is 19.5. The van der Waals surface area contributed by atoms with Gasteiger partial charge in [0.15, 0.2) is 12.1 Å². The van der Waals surface area contributed by atoms with Gasteiger partial charge in [0.05, 0.1) is 6.10 Å². The second-order valence-electron chi connectivity index (χ2n) is 7.01. The summed E-state index contributed by atoms with van der Waals surface area (Å²) in [6, 6.07) is 23.1. The number of aliphatic imine (C=N–C) groups is 1. The van der Waals surface area contributed by atoms with Crippen molar-refractivity contribution in [2.45, 2.75) is 38.5 Å². The Kier molecular flexibility index (Phi) is 5.11. The van der Waals surface area contributed by atoms with Gasteiger partial charge in [0, 0.05) is 11.1 Å². The molecule has 0 bridgehead atoms. The smallest absolute Gasteiger partial charge is 0.335 e. The van der Waals surface area contributed by atoms with E-state index in [9.17, 15) is 4.79 Å². The Morgan fingerprint density at radius 3 is 2.54 bits per heavy atom. The average molecular weight is 373 g/mol. The number of hydrogen-bond acceptors (Lipinski definition) is 4. The molecule has 0 aromatic heterocycles. The zero-order valence-electron chi connectivity index (χ0n) is 16.0. The van der Waals surface area contributed by atoms with Crippen LogP contribution < -0.4 is 0 Å². The third kappa shape index (κ3) is 3.50. The number of benzene rings is 3. The summed E-state index contributed by atoms with van der Waals surface area (Å²) in [7, 11) is 0. The summed E-state index contributed by atoms with van der Waals surface area (Å²) in [6.07, 6.45) is 0.0857. The van der Waals surface area contributed by atoms with Crippen molar-refractivity contribution in [1.82, 2.24) is 0 Å². The van der Waals surface area contributed by atoms with Crippen LogP contribution in [-0.4, -0.2) is 24.0 Å². The summed E-state index contributed by atoms with van der Waals surface area (Å²) >= 11 is 0. The van der Waals surface area contributed by atoms with Gasteiger partial charge in [-0.15, -0.1) is 0 Å². The van der Waals surface area contributed by atoms with E-state index >= 15 is 0 Å². The van der Waals surface area contributed by atoms with Crippen molar-refractivity contribution in [3.8, 4) is 0 Å². The van der Waals surface area contributed by atoms with Gasteiger partial charge in [0.1, 0.15) is 0 Å². The lowest BCUT2D eigenvalue weighted by Gasteiger charge is -2.20. The van der Waals surface area contributed by atoms with Crippen LogP contribution in [0.25, 0.3) is 10.8 Å². The minimum absolute atomic E-state index is 0.156. The number of nitrogens with zero attached hydrogens (tertiary/aromatic N) is 1. The van der Waals surface area contributed by atoms with Crippen molar-refractivity contribution in [3.63, 3.8) is 0 Å². The molecule has 4 heteroatoms. The highest BCUT2D eigenvalue weighted by Gasteiger charge is 2.40. The van der Waals surface area contributed by atoms with E-state index in [1.54, 1.807) is 0 Å². The van der Waals surface area contributed by atoms with Crippen molar-refractivity contribution >= 4 is 22.6 Å². The molecule has 4 nitrogen and oxygen atoms in total. The van der Waals surface area contributed by atoms with Crippen molar-refractivity contribution in [3.05, 3.63) is 83.9 Å². The van der Waals surface area contributed by atoms with Crippen LogP contribution in [0, 0.1) is 0 Å². The highest BCUT2D eigenvalue weighted by atomic mass is 16.6. The zero-order valence-corrected chi connectivity index (χ0v) is 16.0. The van der Waals surface area contributed by atoms with Crippen LogP contribution in [0.5, 0.6) is 0 Å². The minimum atomic E-state index is -0.727. The topological polar surface area (TPSA) is 47.9 Å². The third-order valence-corrected chi connectivity index (χ3v) is 5.07. The molecule has 0 unspecified atom stereocenters. The van der Waals surface area contributed by atoms with E-state index in [0.717, 1.165) is 28.3 Å². The number of fused-ring (bicyclic) bond motifs is 1. The maximum Gasteiger partial charge on any atom is 0.335 e. The van der Waals surface area contributed by atoms with Crippen molar-refractivity contribution in [1.29, 1.82) is 0 Å². The number of esters is 1. The van der Waals surface area contributed by atoms with Gasteiger partial charge in [0.2, 0.25) is 5.90 Å². The number of carbonyl (C=O) groups excluding carboxylic acids is 1. The van der Waals surface area contributed by atoms with E-state index in [-0.39, 0.29) is 12.1 Å². The lowest BCUT2D eigenvalue weighted by Crippen LogP contribution is -2.29. The monoisotopic (exact) mass is 373 g/mol. The van der Waals surface area contributed by atoms with Gasteiger partial charge in [-0.1, -0.05) is 67.6 Å². The molecule has 0 aliphatic carbocycles. The van der Waals surface area contributed by atoms with E-state index in [1.165, 1.54) is 0 Å². The molecule has 3 atom stereocenters. The average Bonchev–Trinajstić information content (AvgIpc) is 3.19. The Morgan fingerprint density at radius 1 is 1.04 bits per heavy atom. The quantitative estimate of drug-likeness (QED) is 0.587. The lowest BCUT2D eigenvalue weighted by molar-refractivity contribution is -0.151. The molecule has 0 saturated heterocycles. The lowest BCUT2D eigenvalue weighted by atomic mass is 9.96. The molecule has 0 spiro atoms. The van der Waals surface area contributed by atoms with Gasteiger partial charge in [-0.3, -0.25) is 0 Å². The van der Waals surface area contributed by atoms with E-state index in [4.69, 9.17) is 9.47 Å². The van der Waals surface area contributed by atoms with Gasteiger partial charge in [0.25, 0.3) is 0 Å². The Balaban J connectivity index is 1.75. The molecule has 0 fully saturated rings. The third-order valence-electron chi connectivity index (χ3n) is 5.07. The predicted octanol–water partition coefficient (Wildman–Crippen LogP) is 5.07. The predicted molar refractivity (Wildman–Crippen MR) is 110 cm³/mol. The molecule has 1 heterocycles. The molecular weight excluding hydrogens is 350 g/mol. The van der Waals surface area contributed by atoms with E-state index in [0.29, 0.717) is 5.90 Å². The van der Waals surface area contributed by atoms with Crippen molar-refractivity contribution < 1.29 is 14.3 Å². The molecule has 142 valence electrons. The van der Waals surface area contributed by atoms with Crippen LogP contribution in [0.1, 0.15) is 37.5 Å². The van der Waals surface area contributed by atoms with Gasteiger partial charge in [-0.25, -0.2) is 9.79 Å². The van der Waals surface area contributed by atoms with Gasteiger partial charge in [-0.2, -0.15) is 0 Å². The SMILES string of the molecule is CC[C@H](C)OC(=O)[C@H]1N=C(c2ccccc2)O[C@H]1c1cccc2ccccc12. The largest absolute Gasteiger partial charge is 0.466 e. The van der Waals surface area contributed by atoms with Gasteiger partial charge >= 0.3 is 5.97 Å². The molecule has 0 saturated carbocycles. The molecule has 0 radical (unpaired) electrons. The van der Waals surface area contributed by atoms with E-state index < -0.39 is 12.1 Å². The maximum atomic E-state index is 12.9. The minimum Gasteiger partial charge on any atom is -0.466 e. The highest BCUT2D eigenvalue weighted by Crippen LogP contribution is 2.36. The summed E-state index contributed by atoms with van der Waals surface area (Å²) in [5.41, 5.74) is 1.80. The van der Waals surface area contributed by atoms with Crippen LogP contribution in [0.2, 0.25) is 0 Å². The fourth-order valence-corrected chi connectivity index (χ4v) is 3.39. The molecule has 1 aliphatic heterocycles.